The van der Waals surface area contributed by atoms with Gasteiger partial charge in [0.25, 0.3) is 5.91 Å². The number of amides is 3. The van der Waals surface area contributed by atoms with Gasteiger partial charge in [0.05, 0.1) is 7.11 Å². The fourth-order valence-electron chi connectivity index (χ4n) is 3.64. The molecule has 0 unspecified atom stereocenters. The van der Waals surface area contributed by atoms with Crippen molar-refractivity contribution in [3.8, 4) is 11.5 Å². The fraction of sp³-hybridized carbons (Fsp3) is 0.281. The van der Waals surface area contributed by atoms with Crippen molar-refractivity contribution >= 4 is 23.5 Å². The zero-order valence-corrected chi connectivity index (χ0v) is 24.8. The van der Waals surface area contributed by atoms with Gasteiger partial charge in [-0.1, -0.05) is 29.4 Å². The van der Waals surface area contributed by atoms with Crippen LogP contribution in [0.15, 0.2) is 82.6 Å². The molecule has 1 heterocycles. The number of ketones is 1. The Kier molecular flexibility index (Phi) is 13.9. The topological polar surface area (TPSA) is 174 Å². The SMILES string of the molecule is COc1ccc(C(=O)CCCC(=O)N/C=C/C(C)=C\C/C=C/C(=O)N/C=C/C(C)=C\Cc2nc(C(N)=O)c(C)o2)cc1O. The number of carbonyl (C=O) groups excluding carboxylic acids is 4. The van der Waals surface area contributed by atoms with Crippen molar-refractivity contribution in [2.45, 2.75) is 52.9 Å². The molecule has 0 aliphatic rings. The number of Topliss-reactive ketones (excluding diaryl/α,β-unsaturated/α-hetero) is 1. The number of aryl methyl sites for hydroxylation is 1. The predicted octanol–water partition coefficient (Wildman–Crippen LogP) is 4.49. The number of nitrogens with zero attached hydrogens (tertiary/aromatic N) is 1. The molecule has 0 atom stereocenters. The van der Waals surface area contributed by atoms with Gasteiger partial charge in [-0.25, -0.2) is 4.98 Å². The van der Waals surface area contributed by atoms with Gasteiger partial charge in [-0.15, -0.1) is 0 Å². The second-order valence-corrected chi connectivity index (χ2v) is 9.52. The third kappa shape index (κ3) is 12.5. The Morgan fingerprint density at radius 1 is 1.02 bits per heavy atom. The summed E-state index contributed by atoms with van der Waals surface area (Å²) in [7, 11) is 1.43. The van der Waals surface area contributed by atoms with Gasteiger partial charge in [0.2, 0.25) is 11.8 Å². The zero-order valence-electron chi connectivity index (χ0n) is 24.8. The van der Waals surface area contributed by atoms with Crippen LogP contribution >= 0.6 is 0 Å². The van der Waals surface area contributed by atoms with E-state index in [0.29, 0.717) is 36.5 Å². The van der Waals surface area contributed by atoms with Crippen molar-refractivity contribution in [1.29, 1.82) is 0 Å². The number of phenolic OH excluding ortho intramolecular Hbond substituents is 1. The highest BCUT2D eigenvalue weighted by Gasteiger charge is 2.13. The number of hydrogen-bond donors (Lipinski definition) is 4. The third-order valence-corrected chi connectivity index (χ3v) is 5.99. The van der Waals surface area contributed by atoms with E-state index in [4.69, 9.17) is 14.9 Å². The van der Waals surface area contributed by atoms with Crippen molar-refractivity contribution in [2.75, 3.05) is 7.11 Å². The quantitative estimate of drug-likeness (QED) is 0.126. The first kappa shape index (κ1) is 34.0. The number of nitrogens with one attached hydrogen (secondary N) is 2. The Bertz CT molecular complexity index is 1460. The van der Waals surface area contributed by atoms with Crippen LogP contribution < -0.4 is 21.1 Å². The minimum Gasteiger partial charge on any atom is -0.504 e. The Morgan fingerprint density at radius 2 is 1.72 bits per heavy atom. The van der Waals surface area contributed by atoms with Crippen molar-refractivity contribution in [3.05, 3.63) is 101 Å². The lowest BCUT2D eigenvalue weighted by molar-refractivity contribution is -0.120. The number of aromatic nitrogens is 1. The number of primary amides is 1. The molecule has 5 N–H and O–H groups in total. The average molecular weight is 591 g/mol. The summed E-state index contributed by atoms with van der Waals surface area (Å²) in [6, 6.07) is 4.45. The Morgan fingerprint density at radius 3 is 2.37 bits per heavy atom. The molecule has 43 heavy (non-hydrogen) atoms. The summed E-state index contributed by atoms with van der Waals surface area (Å²) in [4.78, 5) is 51.6. The van der Waals surface area contributed by atoms with Crippen molar-refractivity contribution in [3.63, 3.8) is 0 Å². The standard InChI is InChI=1S/C32H38N4O7/c1-21(16-18-35-29(40)11-7-9-25(37)24-13-14-27(42-4)26(38)20-24)8-5-6-10-28(39)34-19-17-22(2)12-15-30-36-31(32(33)41)23(3)43-30/h6,8,10,12-14,16-20,38H,5,7,9,11,15H2,1-4H3,(H2,33,41)(H,34,39)(H,35,40)/b10-6+,18-16+,19-17+,21-8-,22-12-. The fourth-order valence-corrected chi connectivity index (χ4v) is 3.64. The molecule has 0 aliphatic carbocycles. The molecule has 11 heteroatoms. The van der Waals surface area contributed by atoms with Gasteiger partial charge in [-0.05, 0) is 70.0 Å². The number of phenols is 1. The number of allylic oxidation sites excluding steroid dienone is 7. The van der Waals surface area contributed by atoms with E-state index in [2.05, 4.69) is 15.6 Å². The summed E-state index contributed by atoms with van der Waals surface area (Å²) in [5, 5.41) is 15.1. The van der Waals surface area contributed by atoms with E-state index in [9.17, 15) is 24.3 Å². The first-order chi connectivity index (χ1) is 20.5. The summed E-state index contributed by atoms with van der Waals surface area (Å²) in [6.45, 7) is 5.34. The third-order valence-electron chi connectivity index (χ3n) is 5.99. The Balaban J connectivity index is 1.65. The number of oxazole rings is 1. The van der Waals surface area contributed by atoms with Crippen LogP contribution in [0.1, 0.15) is 72.0 Å². The van der Waals surface area contributed by atoms with Gasteiger partial charge in [0.1, 0.15) is 5.76 Å². The van der Waals surface area contributed by atoms with Gasteiger partial charge in [-0.3, -0.25) is 19.2 Å². The van der Waals surface area contributed by atoms with Crippen LogP contribution in [-0.4, -0.2) is 40.7 Å². The summed E-state index contributed by atoms with van der Waals surface area (Å²) >= 11 is 0. The monoisotopic (exact) mass is 590 g/mol. The second kappa shape index (κ2) is 17.6. The maximum absolute atomic E-state index is 12.3. The highest BCUT2D eigenvalue weighted by molar-refractivity contribution is 5.97. The van der Waals surface area contributed by atoms with Crippen LogP contribution in [0.3, 0.4) is 0 Å². The number of aromatic hydroxyl groups is 1. The predicted molar refractivity (Wildman–Crippen MR) is 162 cm³/mol. The molecule has 3 amide bonds. The van der Waals surface area contributed by atoms with Gasteiger partial charge in [-0.2, -0.15) is 0 Å². The Hall–Kier alpha value is -5.19. The first-order valence-corrected chi connectivity index (χ1v) is 13.6. The summed E-state index contributed by atoms with van der Waals surface area (Å²) < 4.78 is 10.4. The molecule has 0 spiro atoms. The molecule has 0 aliphatic heterocycles. The van der Waals surface area contributed by atoms with Crippen molar-refractivity contribution in [2.24, 2.45) is 5.73 Å². The van der Waals surface area contributed by atoms with Gasteiger partial charge in [0.15, 0.2) is 28.9 Å². The number of carbonyl (C=O) groups is 4. The maximum atomic E-state index is 12.3. The van der Waals surface area contributed by atoms with Crippen LogP contribution in [0, 0.1) is 6.92 Å². The molecule has 0 saturated carbocycles. The van der Waals surface area contributed by atoms with Crippen LogP contribution in [0.4, 0.5) is 0 Å². The number of ether oxygens (including phenoxy) is 1. The normalized spacial score (nSPS) is 12.3. The molecule has 0 bridgehead atoms. The van der Waals surface area contributed by atoms with Crippen LogP contribution in [-0.2, 0) is 16.0 Å². The smallest absolute Gasteiger partial charge is 0.270 e. The van der Waals surface area contributed by atoms with E-state index < -0.39 is 5.91 Å². The summed E-state index contributed by atoms with van der Waals surface area (Å²) in [5.74, 6) is -0.358. The minimum absolute atomic E-state index is 0.106. The van der Waals surface area contributed by atoms with E-state index in [-0.39, 0.29) is 47.6 Å². The Labute approximate surface area is 250 Å². The zero-order chi connectivity index (χ0) is 31.8. The van der Waals surface area contributed by atoms with Gasteiger partial charge >= 0.3 is 0 Å². The van der Waals surface area contributed by atoms with E-state index in [1.807, 2.05) is 26.0 Å². The average Bonchev–Trinajstić information content (AvgIpc) is 3.34. The molecule has 11 nitrogen and oxygen atoms in total. The van der Waals surface area contributed by atoms with Crippen LogP contribution in [0.5, 0.6) is 11.5 Å². The largest absolute Gasteiger partial charge is 0.504 e. The van der Waals surface area contributed by atoms with Crippen molar-refractivity contribution < 1.29 is 33.4 Å². The van der Waals surface area contributed by atoms with E-state index in [1.54, 1.807) is 31.2 Å². The lowest BCUT2D eigenvalue weighted by Gasteiger charge is -2.05. The number of benzene rings is 1. The van der Waals surface area contributed by atoms with Crippen molar-refractivity contribution in [1.82, 2.24) is 15.6 Å². The molecule has 228 valence electrons. The molecular weight excluding hydrogens is 552 g/mol. The molecular formula is C32H38N4O7. The number of methoxy groups -OCH3 is 1. The minimum atomic E-state index is -0.636. The lowest BCUT2D eigenvalue weighted by atomic mass is 10.0. The maximum Gasteiger partial charge on any atom is 0.270 e. The highest BCUT2D eigenvalue weighted by atomic mass is 16.5. The molecule has 1 aromatic carbocycles. The number of hydrogen-bond acceptors (Lipinski definition) is 8. The summed E-state index contributed by atoms with van der Waals surface area (Å²) in [5.41, 5.74) is 7.48. The van der Waals surface area contributed by atoms with Crippen LogP contribution in [0.2, 0.25) is 0 Å². The van der Waals surface area contributed by atoms with E-state index in [1.165, 1.54) is 37.7 Å². The number of rotatable bonds is 16. The van der Waals surface area contributed by atoms with E-state index >= 15 is 0 Å². The second-order valence-electron chi connectivity index (χ2n) is 9.52. The molecule has 2 aromatic rings. The molecule has 0 saturated heterocycles. The first-order valence-electron chi connectivity index (χ1n) is 13.6. The van der Waals surface area contributed by atoms with Gasteiger partial charge in [0, 0.05) is 37.2 Å². The molecule has 1 aromatic heterocycles. The van der Waals surface area contributed by atoms with Crippen LogP contribution in [0.25, 0.3) is 0 Å². The molecule has 0 radical (unpaired) electrons. The highest BCUT2D eigenvalue weighted by Crippen LogP contribution is 2.26. The summed E-state index contributed by atoms with van der Waals surface area (Å²) in [6.07, 6.45) is 15.0. The van der Waals surface area contributed by atoms with Gasteiger partial charge < -0.3 is 30.6 Å². The molecule has 2 rings (SSSR count). The van der Waals surface area contributed by atoms with E-state index in [0.717, 1.165) is 11.1 Å². The lowest BCUT2D eigenvalue weighted by Crippen LogP contribution is -2.16. The number of nitrogens with two attached hydrogens (primary N) is 1. The molecule has 0 fully saturated rings.